The molecule has 20 heavy (non-hydrogen) atoms. The van der Waals surface area contributed by atoms with E-state index in [0.29, 0.717) is 0 Å². The second-order valence-electron chi connectivity index (χ2n) is 3.94. The lowest BCUT2D eigenvalue weighted by Gasteiger charge is -2.07. The maximum Gasteiger partial charge on any atom is 0.119 e. The lowest BCUT2D eigenvalue weighted by molar-refractivity contribution is 0.350. The van der Waals surface area contributed by atoms with Gasteiger partial charge in [-0.3, -0.25) is 0 Å². The van der Waals surface area contributed by atoms with Crippen molar-refractivity contribution in [2.75, 3.05) is 13.7 Å². The Kier molecular flexibility index (Phi) is 5.48. The first-order valence-corrected chi connectivity index (χ1v) is 7.12. The molecule has 2 aromatic rings. The second kappa shape index (κ2) is 7.59. The fourth-order valence-electron chi connectivity index (χ4n) is 1.66. The minimum Gasteiger partial charge on any atom is -0.497 e. The van der Waals surface area contributed by atoms with E-state index in [9.17, 15) is 0 Å². The Morgan fingerprint density at radius 3 is 2.90 bits per heavy atom. The number of hydrogen-bond acceptors (Lipinski definition) is 4. The lowest BCUT2D eigenvalue weighted by Crippen LogP contribution is -1.92. The van der Waals surface area contributed by atoms with E-state index in [1.165, 1.54) is 0 Å². The third kappa shape index (κ3) is 4.02. The van der Waals surface area contributed by atoms with Crippen molar-refractivity contribution in [3.8, 4) is 17.6 Å². The summed E-state index contributed by atoms with van der Waals surface area (Å²) in [4.78, 5) is 4.28. The zero-order valence-electron chi connectivity index (χ0n) is 11.2. The van der Waals surface area contributed by atoms with Crippen LogP contribution in [0.1, 0.15) is 11.1 Å². The van der Waals surface area contributed by atoms with Crippen LogP contribution in [0, 0.1) is 11.8 Å². The SMILES string of the molecule is COc1ccc(C#CCO)c(CSc2ccccn2)c1. The van der Waals surface area contributed by atoms with Gasteiger partial charge in [0, 0.05) is 17.5 Å². The number of aliphatic hydroxyl groups excluding tert-OH is 1. The molecule has 0 atom stereocenters. The van der Waals surface area contributed by atoms with Gasteiger partial charge in [0.25, 0.3) is 0 Å². The number of pyridine rings is 1. The topological polar surface area (TPSA) is 42.4 Å². The number of rotatable bonds is 4. The molecule has 0 saturated carbocycles. The number of methoxy groups -OCH3 is 1. The molecular formula is C16H15NO2S. The Bertz CT molecular complexity index is 617. The van der Waals surface area contributed by atoms with E-state index in [1.807, 2.05) is 36.4 Å². The predicted molar refractivity (Wildman–Crippen MR) is 80.8 cm³/mol. The molecule has 0 amide bonds. The van der Waals surface area contributed by atoms with Gasteiger partial charge in [-0.05, 0) is 35.9 Å². The van der Waals surface area contributed by atoms with Gasteiger partial charge in [0.05, 0.1) is 12.1 Å². The summed E-state index contributed by atoms with van der Waals surface area (Å²) in [5.74, 6) is 7.20. The summed E-state index contributed by atoms with van der Waals surface area (Å²) >= 11 is 1.64. The third-order valence-corrected chi connectivity index (χ3v) is 3.62. The molecule has 1 aromatic heterocycles. The molecule has 1 heterocycles. The van der Waals surface area contributed by atoms with E-state index in [2.05, 4.69) is 16.8 Å². The Morgan fingerprint density at radius 2 is 2.20 bits per heavy atom. The van der Waals surface area contributed by atoms with Crippen LogP contribution < -0.4 is 4.74 Å². The molecule has 3 nitrogen and oxygen atoms in total. The van der Waals surface area contributed by atoms with Crippen molar-refractivity contribution in [2.24, 2.45) is 0 Å². The van der Waals surface area contributed by atoms with E-state index >= 15 is 0 Å². The van der Waals surface area contributed by atoms with Gasteiger partial charge in [0.1, 0.15) is 12.4 Å². The number of aliphatic hydroxyl groups is 1. The minimum absolute atomic E-state index is 0.140. The highest BCUT2D eigenvalue weighted by atomic mass is 32.2. The van der Waals surface area contributed by atoms with Crippen LogP contribution in [0.2, 0.25) is 0 Å². The van der Waals surface area contributed by atoms with E-state index in [1.54, 1.807) is 25.1 Å². The van der Waals surface area contributed by atoms with Crippen molar-refractivity contribution >= 4 is 11.8 Å². The van der Waals surface area contributed by atoms with Gasteiger partial charge >= 0.3 is 0 Å². The predicted octanol–water partition coefficient (Wildman–Crippen LogP) is 2.73. The molecular weight excluding hydrogens is 270 g/mol. The molecule has 4 heteroatoms. The fourth-order valence-corrected chi connectivity index (χ4v) is 2.51. The Labute approximate surface area is 123 Å². The van der Waals surface area contributed by atoms with Crippen LogP contribution in [0.15, 0.2) is 47.6 Å². The summed E-state index contributed by atoms with van der Waals surface area (Å²) in [5, 5.41) is 9.78. The van der Waals surface area contributed by atoms with Gasteiger partial charge in [-0.2, -0.15) is 0 Å². The number of aromatic nitrogens is 1. The molecule has 0 bridgehead atoms. The van der Waals surface area contributed by atoms with Gasteiger partial charge in [-0.25, -0.2) is 4.98 Å². The van der Waals surface area contributed by atoms with Crippen molar-refractivity contribution < 1.29 is 9.84 Å². The quantitative estimate of drug-likeness (QED) is 0.693. The van der Waals surface area contributed by atoms with Gasteiger partial charge in [-0.15, -0.1) is 11.8 Å². The average molecular weight is 285 g/mol. The number of hydrogen-bond donors (Lipinski definition) is 1. The maximum atomic E-state index is 8.81. The first kappa shape index (κ1) is 14.4. The molecule has 0 aliphatic heterocycles. The molecule has 0 saturated heterocycles. The molecule has 102 valence electrons. The summed E-state index contributed by atoms with van der Waals surface area (Å²) in [7, 11) is 1.64. The van der Waals surface area contributed by atoms with E-state index in [4.69, 9.17) is 9.84 Å². The molecule has 1 N–H and O–H groups in total. The first-order chi connectivity index (χ1) is 9.83. The highest BCUT2D eigenvalue weighted by molar-refractivity contribution is 7.98. The summed E-state index contributed by atoms with van der Waals surface area (Å²) in [6, 6.07) is 11.6. The van der Waals surface area contributed by atoms with Crippen LogP contribution in [-0.2, 0) is 5.75 Å². The normalized spacial score (nSPS) is 9.70. The van der Waals surface area contributed by atoms with Crippen LogP contribution >= 0.6 is 11.8 Å². The fraction of sp³-hybridized carbons (Fsp3) is 0.188. The Balaban J connectivity index is 2.19. The van der Waals surface area contributed by atoms with Crippen molar-refractivity contribution in [1.29, 1.82) is 0 Å². The number of benzene rings is 1. The lowest BCUT2D eigenvalue weighted by atomic mass is 10.1. The van der Waals surface area contributed by atoms with Crippen LogP contribution in [0.5, 0.6) is 5.75 Å². The van der Waals surface area contributed by atoms with Gasteiger partial charge in [0.2, 0.25) is 0 Å². The summed E-state index contributed by atoms with van der Waals surface area (Å²) < 4.78 is 5.24. The zero-order valence-corrected chi connectivity index (χ0v) is 12.0. The van der Waals surface area contributed by atoms with Gasteiger partial charge in [0.15, 0.2) is 0 Å². The maximum absolute atomic E-state index is 8.81. The average Bonchev–Trinajstić information content (AvgIpc) is 2.52. The summed E-state index contributed by atoms with van der Waals surface area (Å²) in [6.07, 6.45) is 1.78. The molecule has 0 radical (unpaired) electrons. The standard InChI is InChI=1S/C16H15NO2S/c1-19-15-8-7-13(5-4-10-18)14(11-15)12-20-16-6-2-3-9-17-16/h2-3,6-9,11,18H,10,12H2,1H3. The molecule has 0 spiro atoms. The number of nitrogens with zero attached hydrogens (tertiary/aromatic N) is 1. The molecule has 2 rings (SSSR count). The van der Waals surface area contributed by atoms with Crippen molar-refractivity contribution in [3.63, 3.8) is 0 Å². The first-order valence-electron chi connectivity index (χ1n) is 6.14. The number of ether oxygens (including phenoxy) is 1. The van der Waals surface area contributed by atoms with Crippen LogP contribution in [0.25, 0.3) is 0 Å². The summed E-state index contributed by atoms with van der Waals surface area (Å²) in [6.45, 7) is -0.140. The van der Waals surface area contributed by atoms with E-state index < -0.39 is 0 Å². The number of thioether (sulfide) groups is 1. The smallest absolute Gasteiger partial charge is 0.119 e. The zero-order chi connectivity index (χ0) is 14.2. The molecule has 0 fully saturated rings. The second-order valence-corrected chi connectivity index (χ2v) is 4.94. The van der Waals surface area contributed by atoms with E-state index in [0.717, 1.165) is 27.7 Å². The van der Waals surface area contributed by atoms with Crippen LogP contribution in [0.3, 0.4) is 0 Å². The monoisotopic (exact) mass is 285 g/mol. The Hall–Kier alpha value is -1.96. The van der Waals surface area contributed by atoms with Gasteiger partial charge < -0.3 is 9.84 Å². The minimum atomic E-state index is -0.140. The van der Waals surface area contributed by atoms with Crippen molar-refractivity contribution in [1.82, 2.24) is 4.98 Å². The third-order valence-electron chi connectivity index (χ3n) is 2.63. The van der Waals surface area contributed by atoms with Crippen molar-refractivity contribution in [3.05, 3.63) is 53.7 Å². The molecule has 1 aromatic carbocycles. The molecule has 0 aliphatic rings. The van der Waals surface area contributed by atoms with Gasteiger partial charge in [-0.1, -0.05) is 17.9 Å². The van der Waals surface area contributed by atoms with Crippen molar-refractivity contribution in [2.45, 2.75) is 10.8 Å². The summed E-state index contributed by atoms with van der Waals surface area (Å²) in [5.41, 5.74) is 1.98. The van der Waals surface area contributed by atoms with Crippen LogP contribution in [-0.4, -0.2) is 23.8 Å². The molecule has 0 aliphatic carbocycles. The highest BCUT2D eigenvalue weighted by Gasteiger charge is 2.04. The molecule has 0 unspecified atom stereocenters. The van der Waals surface area contributed by atoms with Crippen LogP contribution in [0.4, 0.5) is 0 Å². The highest BCUT2D eigenvalue weighted by Crippen LogP contribution is 2.25. The van der Waals surface area contributed by atoms with E-state index in [-0.39, 0.29) is 6.61 Å². The largest absolute Gasteiger partial charge is 0.497 e. The Morgan fingerprint density at radius 1 is 1.30 bits per heavy atom.